The number of amides is 3. The first-order valence-corrected chi connectivity index (χ1v) is 13.5. The maximum atomic E-state index is 13.2. The van der Waals surface area contributed by atoms with Crippen molar-refractivity contribution in [3.05, 3.63) is 92.4 Å². The molecule has 0 spiro atoms. The van der Waals surface area contributed by atoms with Crippen molar-refractivity contribution in [1.29, 1.82) is 0 Å². The molecular formula is C26H21Cl2N5O5S. The maximum Gasteiger partial charge on any atom is 0.328 e. The third-order valence-electron chi connectivity index (χ3n) is 6.24. The zero-order valence-electron chi connectivity index (χ0n) is 20.1. The molecule has 1 unspecified atom stereocenters. The van der Waals surface area contributed by atoms with Gasteiger partial charge in [0.15, 0.2) is 5.69 Å². The Labute approximate surface area is 236 Å². The molecule has 1 aliphatic heterocycles. The first-order valence-electron chi connectivity index (χ1n) is 11.8. The van der Waals surface area contributed by atoms with E-state index in [0.717, 1.165) is 5.52 Å². The Morgan fingerprint density at radius 2 is 1.95 bits per heavy atom. The molecule has 5 rings (SSSR count). The average Bonchev–Trinajstić information content (AvgIpc) is 3.60. The number of carbonyl (C=O) groups excluding carboxylic acids is 3. The Hall–Kier alpha value is -3.93. The van der Waals surface area contributed by atoms with E-state index in [9.17, 15) is 24.3 Å². The molecule has 4 aromatic rings. The molecule has 0 saturated heterocycles. The number of thiophene rings is 1. The summed E-state index contributed by atoms with van der Waals surface area (Å²) in [5, 5.41) is 20.0. The lowest BCUT2D eigenvalue weighted by Crippen LogP contribution is -2.48. The zero-order valence-corrected chi connectivity index (χ0v) is 22.5. The monoisotopic (exact) mass is 585 g/mol. The fourth-order valence-corrected chi connectivity index (χ4v) is 5.56. The van der Waals surface area contributed by atoms with Gasteiger partial charge in [-0.05, 0) is 52.9 Å². The number of halogens is 2. The number of aliphatic carboxylic acids is 1. The van der Waals surface area contributed by atoms with Gasteiger partial charge in [-0.25, -0.2) is 9.31 Å². The first-order chi connectivity index (χ1) is 18.7. The number of fused-ring (bicyclic) bond motifs is 2. The van der Waals surface area contributed by atoms with Crippen molar-refractivity contribution in [1.82, 2.24) is 25.1 Å². The Kier molecular flexibility index (Phi) is 7.56. The highest BCUT2D eigenvalue weighted by atomic mass is 35.5. The van der Waals surface area contributed by atoms with Crippen LogP contribution in [0.4, 0.5) is 0 Å². The van der Waals surface area contributed by atoms with Crippen LogP contribution in [-0.4, -0.2) is 62.4 Å². The third kappa shape index (κ3) is 5.60. The number of carboxylic acids is 1. The molecule has 3 amide bonds. The lowest BCUT2D eigenvalue weighted by molar-refractivity contribution is -0.139. The number of hydrogen-bond acceptors (Lipinski definition) is 6. The summed E-state index contributed by atoms with van der Waals surface area (Å²) in [6.45, 7) is 0.0640. The van der Waals surface area contributed by atoms with Gasteiger partial charge in [0, 0.05) is 25.8 Å². The normalized spacial score (nSPS) is 15.4. The van der Waals surface area contributed by atoms with Gasteiger partial charge in [-0.1, -0.05) is 23.7 Å². The fourth-order valence-electron chi connectivity index (χ4n) is 4.28. The fraction of sp³-hybridized carbons (Fsp3) is 0.192. The number of alkyl halides is 1. The second kappa shape index (κ2) is 11.0. The van der Waals surface area contributed by atoms with Gasteiger partial charge in [0.2, 0.25) is 0 Å². The summed E-state index contributed by atoms with van der Waals surface area (Å²) in [4.78, 5) is 52.1. The van der Waals surface area contributed by atoms with Crippen LogP contribution in [-0.2, 0) is 11.3 Å². The number of aromatic nitrogens is 2. The van der Waals surface area contributed by atoms with Crippen LogP contribution in [0.25, 0.3) is 5.52 Å². The molecule has 0 aliphatic carbocycles. The quantitative estimate of drug-likeness (QED) is 0.284. The molecule has 2 atom stereocenters. The van der Waals surface area contributed by atoms with Gasteiger partial charge in [-0.15, -0.1) is 22.9 Å². The predicted molar refractivity (Wildman–Crippen MR) is 146 cm³/mol. The van der Waals surface area contributed by atoms with E-state index in [1.165, 1.54) is 17.4 Å². The van der Waals surface area contributed by atoms with Gasteiger partial charge in [-0.3, -0.25) is 14.4 Å². The van der Waals surface area contributed by atoms with E-state index in [-0.39, 0.29) is 41.8 Å². The summed E-state index contributed by atoms with van der Waals surface area (Å²) < 4.78 is 1.61. The summed E-state index contributed by atoms with van der Waals surface area (Å²) in [5.74, 6) is -2.78. The van der Waals surface area contributed by atoms with Crippen molar-refractivity contribution < 1.29 is 24.3 Å². The van der Waals surface area contributed by atoms with Crippen molar-refractivity contribution in [2.45, 2.75) is 18.0 Å². The van der Waals surface area contributed by atoms with Crippen molar-refractivity contribution in [2.24, 2.45) is 0 Å². The minimum Gasteiger partial charge on any atom is -0.480 e. The predicted octanol–water partition coefficient (Wildman–Crippen LogP) is 3.60. The molecule has 3 N–H and O–H groups in total. The standard InChI is InChI=1S/C26H21Cl2N5O5S/c27-18-8-14-12-32(25(36)20-9-15-4-1-2-6-33(15)31-20)13-19(28)16(14)10-17(18)23(34)30-21(26(37)38)11-29-24(35)22-5-3-7-39-22/h1-10,19,21H,11-13H2,(H,29,35)(H,30,34)(H,37,38)/t19?,21-/m0/s1. The molecule has 1 aliphatic rings. The molecule has 200 valence electrons. The minimum absolute atomic E-state index is 0.0389. The molecule has 39 heavy (non-hydrogen) atoms. The highest BCUT2D eigenvalue weighted by Crippen LogP contribution is 2.35. The maximum absolute atomic E-state index is 13.2. The van der Waals surface area contributed by atoms with E-state index in [4.69, 9.17) is 23.2 Å². The molecule has 13 heteroatoms. The van der Waals surface area contributed by atoms with Crippen LogP contribution >= 0.6 is 34.5 Å². The Morgan fingerprint density at radius 3 is 2.67 bits per heavy atom. The molecule has 0 radical (unpaired) electrons. The average molecular weight is 586 g/mol. The van der Waals surface area contributed by atoms with Crippen LogP contribution in [0.15, 0.2) is 60.1 Å². The first kappa shape index (κ1) is 26.7. The van der Waals surface area contributed by atoms with Crippen LogP contribution in [0.5, 0.6) is 0 Å². The van der Waals surface area contributed by atoms with Crippen molar-refractivity contribution in [3.63, 3.8) is 0 Å². The largest absolute Gasteiger partial charge is 0.480 e. The van der Waals surface area contributed by atoms with Crippen LogP contribution in [0.3, 0.4) is 0 Å². The molecule has 10 nitrogen and oxygen atoms in total. The van der Waals surface area contributed by atoms with E-state index >= 15 is 0 Å². The molecular weight excluding hydrogens is 565 g/mol. The minimum atomic E-state index is -1.39. The summed E-state index contributed by atoms with van der Waals surface area (Å²) in [7, 11) is 0. The second-order valence-electron chi connectivity index (χ2n) is 8.84. The highest BCUT2D eigenvalue weighted by molar-refractivity contribution is 7.12. The molecule has 1 aromatic carbocycles. The number of carbonyl (C=O) groups is 4. The smallest absolute Gasteiger partial charge is 0.328 e. The summed E-state index contributed by atoms with van der Waals surface area (Å²) in [5.41, 5.74) is 2.38. The Bertz CT molecular complexity index is 1560. The van der Waals surface area contributed by atoms with Crippen molar-refractivity contribution in [2.75, 3.05) is 13.1 Å². The van der Waals surface area contributed by atoms with Crippen LogP contribution in [0.1, 0.15) is 47.0 Å². The molecule has 0 saturated carbocycles. The molecule has 0 fully saturated rings. The summed E-state index contributed by atoms with van der Waals surface area (Å²) >= 11 is 14.3. The van der Waals surface area contributed by atoms with Gasteiger partial charge in [0.05, 0.1) is 26.4 Å². The number of nitrogens with zero attached hydrogens (tertiary/aromatic N) is 3. The summed E-state index contributed by atoms with van der Waals surface area (Å²) in [6, 6.07) is 12.2. The van der Waals surface area contributed by atoms with E-state index in [1.54, 1.807) is 45.3 Å². The van der Waals surface area contributed by atoms with Crippen LogP contribution < -0.4 is 10.6 Å². The topological polar surface area (TPSA) is 133 Å². The van der Waals surface area contributed by atoms with Gasteiger partial charge in [-0.2, -0.15) is 5.10 Å². The third-order valence-corrected chi connectivity index (χ3v) is 7.80. The van der Waals surface area contributed by atoms with Crippen LogP contribution in [0, 0.1) is 0 Å². The van der Waals surface area contributed by atoms with E-state index < -0.39 is 29.2 Å². The van der Waals surface area contributed by atoms with Crippen LogP contribution in [0.2, 0.25) is 5.02 Å². The Morgan fingerprint density at radius 1 is 1.13 bits per heavy atom. The molecule has 4 heterocycles. The van der Waals surface area contributed by atoms with Gasteiger partial charge in [0.25, 0.3) is 17.7 Å². The highest BCUT2D eigenvalue weighted by Gasteiger charge is 2.31. The van der Waals surface area contributed by atoms with E-state index in [2.05, 4.69) is 15.7 Å². The lowest BCUT2D eigenvalue weighted by atomic mass is 9.96. The number of rotatable bonds is 7. The van der Waals surface area contributed by atoms with Crippen molar-refractivity contribution in [3.8, 4) is 0 Å². The van der Waals surface area contributed by atoms with E-state index in [1.807, 2.05) is 18.2 Å². The van der Waals surface area contributed by atoms with Gasteiger partial charge < -0.3 is 20.6 Å². The van der Waals surface area contributed by atoms with E-state index in [0.29, 0.717) is 16.0 Å². The van der Waals surface area contributed by atoms with Gasteiger partial charge in [0.1, 0.15) is 6.04 Å². The van der Waals surface area contributed by atoms with Crippen molar-refractivity contribution >= 4 is 63.7 Å². The number of nitrogens with one attached hydrogen (secondary N) is 2. The molecule has 3 aromatic heterocycles. The number of pyridine rings is 1. The number of hydrogen-bond donors (Lipinski definition) is 3. The number of benzene rings is 1. The zero-order chi connectivity index (χ0) is 27.7. The SMILES string of the molecule is O=C(NC[C@H](NC(=O)c1cc2c(cc1Cl)CN(C(=O)c1cc3ccccn3n1)CC2Cl)C(=O)O)c1cccs1. The van der Waals surface area contributed by atoms with Gasteiger partial charge >= 0.3 is 5.97 Å². The second-order valence-corrected chi connectivity index (χ2v) is 10.7. The summed E-state index contributed by atoms with van der Waals surface area (Å²) in [6.07, 6.45) is 1.75. The number of carboxylic acid groups (broad SMARTS) is 1. The molecule has 0 bridgehead atoms. The lowest BCUT2D eigenvalue weighted by Gasteiger charge is -2.32. The Balaban J connectivity index is 1.30.